The molecular formula is C14H20N2O4S. The minimum absolute atomic E-state index is 0.103. The normalized spacial score (nSPS) is 19.3. The number of ether oxygens (including phenoxy) is 1. The number of benzene rings is 1. The van der Waals surface area contributed by atoms with Gasteiger partial charge in [-0.15, -0.1) is 0 Å². The van der Waals surface area contributed by atoms with E-state index in [0.717, 1.165) is 19.1 Å². The zero-order chi connectivity index (χ0) is 15.5. The van der Waals surface area contributed by atoms with Crippen molar-refractivity contribution in [1.29, 1.82) is 0 Å². The van der Waals surface area contributed by atoms with Gasteiger partial charge in [-0.2, -0.15) is 0 Å². The third-order valence-corrected chi connectivity index (χ3v) is 4.17. The number of likely N-dealkylation sites (tertiary alicyclic amines) is 1. The van der Waals surface area contributed by atoms with Gasteiger partial charge in [0.05, 0.1) is 13.4 Å². The van der Waals surface area contributed by atoms with Gasteiger partial charge in [0.1, 0.15) is 5.75 Å². The van der Waals surface area contributed by atoms with Crippen molar-refractivity contribution in [3.05, 3.63) is 29.8 Å². The number of sulfonamides is 1. The van der Waals surface area contributed by atoms with Crippen molar-refractivity contribution >= 4 is 15.9 Å². The van der Waals surface area contributed by atoms with E-state index >= 15 is 0 Å². The Bertz CT molecular complexity index is 615. The standard InChI is InChI=1S/C14H20N2O4S/c1-20-13-7-3-5-11(9-13)14(17)16-8-4-6-12(10-16)15-21(2,18)19/h3,5,7,9,12,15H,4,6,8,10H2,1-2H3/t12-/m0/s1. The van der Waals surface area contributed by atoms with Gasteiger partial charge in [0.15, 0.2) is 0 Å². The third-order valence-electron chi connectivity index (χ3n) is 3.41. The van der Waals surface area contributed by atoms with Crippen molar-refractivity contribution in [3.63, 3.8) is 0 Å². The summed E-state index contributed by atoms with van der Waals surface area (Å²) < 4.78 is 30.3. The molecule has 1 aromatic carbocycles. The Morgan fingerprint density at radius 1 is 1.43 bits per heavy atom. The van der Waals surface area contributed by atoms with E-state index in [0.29, 0.717) is 24.4 Å². The van der Waals surface area contributed by atoms with Crippen molar-refractivity contribution < 1.29 is 17.9 Å². The molecular weight excluding hydrogens is 292 g/mol. The molecule has 21 heavy (non-hydrogen) atoms. The van der Waals surface area contributed by atoms with Crippen molar-refractivity contribution in [2.24, 2.45) is 0 Å². The Morgan fingerprint density at radius 3 is 2.86 bits per heavy atom. The van der Waals surface area contributed by atoms with Gasteiger partial charge >= 0.3 is 0 Å². The van der Waals surface area contributed by atoms with Gasteiger partial charge in [-0.25, -0.2) is 13.1 Å². The lowest BCUT2D eigenvalue weighted by Gasteiger charge is -2.32. The second-order valence-corrected chi connectivity index (χ2v) is 6.99. The van der Waals surface area contributed by atoms with Crippen molar-refractivity contribution in [3.8, 4) is 5.75 Å². The average molecular weight is 312 g/mol. The topological polar surface area (TPSA) is 75.7 Å². The van der Waals surface area contributed by atoms with Gasteiger partial charge in [0.2, 0.25) is 10.0 Å². The van der Waals surface area contributed by atoms with Crippen LogP contribution in [0.15, 0.2) is 24.3 Å². The van der Waals surface area contributed by atoms with Crippen LogP contribution in [-0.2, 0) is 10.0 Å². The minimum atomic E-state index is -3.26. The Labute approximate surface area is 125 Å². The molecule has 1 aliphatic heterocycles. The maximum atomic E-state index is 12.5. The number of amides is 1. The summed E-state index contributed by atoms with van der Waals surface area (Å²) in [5, 5.41) is 0. The molecule has 1 N–H and O–H groups in total. The molecule has 7 heteroatoms. The number of nitrogens with zero attached hydrogens (tertiary/aromatic N) is 1. The van der Waals surface area contributed by atoms with Gasteiger partial charge in [-0.05, 0) is 31.0 Å². The molecule has 1 atom stereocenters. The van der Waals surface area contributed by atoms with E-state index in [1.807, 2.05) is 0 Å². The lowest BCUT2D eigenvalue weighted by molar-refractivity contribution is 0.0703. The number of carbonyl (C=O) groups excluding carboxylic acids is 1. The first-order valence-corrected chi connectivity index (χ1v) is 8.69. The molecule has 0 bridgehead atoms. The summed E-state index contributed by atoms with van der Waals surface area (Å²) in [6.07, 6.45) is 2.66. The Hall–Kier alpha value is -1.60. The zero-order valence-corrected chi connectivity index (χ0v) is 13.0. The molecule has 1 fully saturated rings. The summed E-state index contributed by atoms with van der Waals surface area (Å²) in [7, 11) is -1.70. The van der Waals surface area contributed by atoms with Crippen LogP contribution in [0.1, 0.15) is 23.2 Å². The molecule has 6 nitrogen and oxygen atoms in total. The van der Waals surface area contributed by atoms with Crippen molar-refractivity contribution in [2.45, 2.75) is 18.9 Å². The first-order chi connectivity index (χ1) is 9.89. The second-order valence-electron chi connectivity index (χ2n) is 5.21. The lowest BCUT2D eigenvalue weighted by Crippen LogP contribution is -2.49. The molecule has 1 aliphatic rings. The van der Waals surface area contributed by atoms with Crippen LogP contribution in [0.25, 0.3) is 0 Å². The van der Waals surface area contributed by atoms with E-state index in [1.165, 1.54) is 0 Å². The molecule has 0 saturated carbocycles. The van der Waals surface area contributed by atoms with Crippen LogP contribution < -0.4 is 9.46 Å². The van der Waals surface area contributed by atoms with Gasteiger partial charge in [-0.3, -0.25) is 4.79 Å². The first kappa shape index (κ1) is 15.8. The highest BCUT2D eigenvalue weighted by Crippen LogP contribution is 2.18. The van der Waals surface area contributed by atoms with E-state index in [-0.39, 0.29) is 11.9 Å². The molecule has 116 valence electrons. The second kappa shape index (κ2) is 6.44. The summed E-state index contributed by atoms with van der Waals surface area (Å²) >= 11 is 0. The fourth-order valence-corrected chi connectivity index (χ4v) is 3.30. The largest absolute Gasteiger partial charge is 0.497 e. The highest BCUT2D eigenvalue weighted by molar-refractivity contribution is 7.88. The first-order valence-electron chi connectivity index (χ1n) is 6.79. The summed E-state index contributed by atoms with van der Waals surface area (Å²) in [6, 6.07) is 6.75. The van der Waals surface area contributed by atoms with Gasteiger partial charge in [-0.1, -0.05) is 6.07 Å². The summed E-state index contributed by atoms with van der Waals surface area (Å²) in [5.41, 5.74) is 0.550. The van der Waals surface area contributed by atoms with Crippen LogP contribution in [0, 0.1) is 0 Å². The Kier molecular flexibility index (Phi) is 4.84. The Balaban J connectivity index is 2.08. The molecule has 0 spiro atoms. The zero-order valence-electron chi connectivity index (χ0n) is 12.2. The quantitative estimate of drug-likeness (QED) is 0.894. The smallest absolute Gasteiger partial charge is 0.254 e. The van der Waals surface area contributed by atoms with Crippen molar-refractivity contribution in [2.75, 3.05) is 26.5 Å². The van der Waals surface area contributed by atoms with E-state index in [9.17, 15) is 13.2 Å². The van der Waals surface area contributed by atoms with E-state index in [1.54, 1.807) is 36.3 Å². The molecule has 2 rings (SSSR count). The predicted molar refractivity (Wildman–Crippen MR) is 79.9 cm³/mol. The van der Waals surface area contributed by atoms with Crippen LogP contribution >= 0.6 is 0 Å². The van der Waals surface area contributed by atoms with E-state index in [2.05, 4.69) is 4.72 Å². The molecule has 0 aliphatic carbocycles. The lowest BCUT2D eigenvalue weighted by atomic mass is 10.1. The van der Waals surface area contributed by atoms with Crippen LogP contribution in [0.4, 0.5) is 0 Å². The molecule has 0 radical (unpaired) electrons. The number of methoxy groups -OCH3 is 1. The SMILES string of the molecule is COc1cccc(C(=O)N2CCC[C@H](NS(C)(=O)=O)C2)c1. The fourth-order valence-electron chi connectivity index (χ4n) is 2.50. The Morgan fingerprint density at radius 2 is 2.19 bits per heavy atom. The number of hydrogen-bond acceptors (Lipinski definition) is 4. The molecule has 1 aromatic rings. The maximum Gasteiger partial charge on any atom is 0.254 e. The number of rotatable bonds is 4. The molecule has 0 unspecified atom stereocenters. The number of carbonyl (C=O) groups is 1. The highest BCUT2D eigenvalue weighted by atomic mass is 32.2. The predicted octanol–water partition coefficient (Wildman–Crippen LogP) is 0.849. The number of nitrogens with one attached hydrogen (secondary N) is 1. The van der Waals surface area contributed by atoms with Crippen LogP contribution in [0.2, 0.25) is 0 Å². The summed E-state index contributed by atoms with van der Waals surface area (Å²) in [6.45, 7) is 1.03. The average Bonchev–Trinajstić information content (AvgIpc) is 2.45. The molecule has 1 amide bonds. The summed E-state index contributed by atoms with van der Waals surface area (Å²) in [5.74, 6) is 0.526. The highest BCUT2D eigenvalue weighted by Gasteiger charge is 2.26. The third kappa shape index (κ3) is 4.44. The minimum Gasteiger partial charge on any atom is -0.497 e. The van der Waals surface area contributed by atoms with Gasteiger partial charge in [0, 0.05) is 24.7 Å². The van der Waals surface area contributed by atoms with Crippen molar-refractivity contribution in [1.82, 2.24) is 9.62 Å². The molecule has 1 saturated heterocycles. The summed E-state index contributed by atoms with van der Waals surface area (Å²) in [4.78, 5) is 14.2. The van der Waals surface area contributed by atoms with E-state index < -0.39 is 10.0 Å². The molecule has 1 heterocycles. The fraction of sp³-hybridized carbons (Fsp3) is 0.500. The monoisotopic (exact) mass is 312 g/mol. The number of hydrogen-bond donors (Lipinski definition) is 1. The van der Waals surface area contributed by atoms with Gasteiger partial charge < -0.3 is 9.64 Å². The van der Waals surface area contributed by atoms with Crippen LogP contribution in [-0.4, -0.2) is 51.7 Å². The molecule has 0 aromatic heterocycles. The van der Waals surface area contributed by atoms with Gasteiger partial charge in [0.25, 0.3) is 5.91 Å². The maximum absolute atomic E-state index is 12.5. The van der Waals surface area contributed by atoms with Crippen LogP contribution in [0.5, 0.6) is 5.75 Å². The van der Waals surface area contributed by atoms with Crippen LogP contribution in [0.3, 0.4) is 0 Å². The number of piperidine rings is 1. The van der Waals surface area contributed by atoms with E-state index in [4.69, 9.17) is 4.74 Å².